The Bertz CT molecular complexity index is 702. The summed E-state index contributed by atoms with van der Waals surface area (Å²) in [6.45, 7) is 1.98. The van der Waals surface area contributed by atoms with Gasteiger partial charge in [-0.1, -0.05) is 30.0 Å². The van der Waals surface area contributed by atoms with Crippen LogP contribution < -0.4 is 5.32 Å². The van der Waals surface area contributed by atoms with E-state index in [-0.39, 0.29) is 24.1 Å². The van der Waals surface area contributed by atoms with Gasteiger partial charge >= 0.3 is 0 Å². The number of likely N-dealkylation sites (N-methyl/N-ethyl adjacent to an activating group) is 2. The fraction of sp³-hybridized carbons (Fsp3) is 0.333. The van der Waals surface area contributed by atoms with E-state index in [1.54, 1.807) is 7.05 Å². The summed E-state index contributed by atoms with van der Waals surface area (Å²) < 4.78 is 5.57. The predicted molar refractivity (Wildman–Crippen MR) is 86.9 cm³/mol. The Morgan fingerprint density at radius 2 is 2.04 bits per heavy atom. The zero-order chi connectivity index (χ0) is 16.8. The first-order valence-corrected chi connectivity index (χ1v) is 7.96. The Labute approximate surface area is 138 Å². The maximum atomic E-state index is 11.9. The molecule has 0 saturated heterocycles. The average Bonchev–Trinajstić information content (AvgIpc) is 3.01. The molecule has 2 aromatic rings. The number of aryl methyl sites for hydroxylation is 1. The van der Waals surface area contributed by atoms with Crippen molar-refractivity contribution < 1.29 is 14.0 Å². The number of thioether (sulfide) groups is 1. The molecule has 0 aliphatic heterocycles. The lowest BCUT2D eigenvalue weighted by atomic mass is 10.1. The summed E-state index contributed by atoms with van der Waals surface area (Å²) in [4.78, 5) is 24.5. The highest BCUT2D eigenvalue weighted by molar-refractivity contribution is 7.99. The van der Waals surface area contributed by atoms with Gasteiger partial charge in [-0.2, -0.15) is 0 Å². The third-order valence-corrected chi connectivity index (χ3v) is 3.99. The molecule has 0 fully saturated rings. The lowest BCUT2D eigenvalue weighted by Gasteiger charge is -2.14. The van der Waals surface area contributed by atoms with Crippen molar-refractivity contribution in [1.29, 1.82) is 0 Å². The van der Waals surface area contributed by atoms with E-state index in [0.717, 1.165) is 22.9 Å². The van der Waals surface area contributed by atoms with E-state index >= 15 is 0 Å². The quantitative estimate of drug-likeness (QED) is 0.802. The summed E-state index contributed by atoms with van der Waals surface area (Å²) >= 11 is 1.15. The van der Waals surface area contributed by atoms with Gasteiger partial charge < -0.3 is 14.6 Å². The average molecular weight is 334 g/mol. The standard InChI is InChI=1S/C15H18N4O3S/c1-10-6-4-5-7-11(10)14-17-18-15(22-14)23-9-13(21)19(3)8-12(20)16-2/h4-7H,8-9H2,1-3H3,(H,16,20). The minimum atomic E-state index is -0.217. The van der Waals surface area contributed by atoms with E-state index in [2.05, 4.69) is 15.5 Å². The molecule has 2 amide bonds. The molecule has 1 aromatic carbocycles. The molecule has 2 rings (SSSR count). The van der Waals surface area contributed by atoms with Crippen molar-refractivity contribution >= 4 is 23.6 Å². The van der Waals surface area contributed by atoms with Gasteiger partial charge in [0.2, 0.25) is 17.7 Å². The summed E-state index contributed by atoms with van der Waals surface area (Å²) in [5.74, 6) is 0.152. The summed E-state index contributed by atoms with van der Waals surface area (Å²) in [6, 6.07) is 7.70. The van der Waals surface area contributed by atoms with Gasteiger partial charge in [0.1, 0.15) is 0 Å². The van der Waals surface area contributed by atoms with Crippen molar-refractivity contribution in [2.45, 2.75) is 12.1 Å². The monoisotopic (exact) mass is 334 g/mol. The summed E-state index contributed by atoms with van der Waals surface area (Å²) in [6.07, 6.45) is 0. The van der Waals surface area contributed by atoms with E-state index < -0.39 is 0 Å². The SMILES string of the molecule is CNC(=O)CN(C)C(=O)CSc1nnc(-c2ccccc2C)o1. The van der Waals surface area contributed by atoms with Gasteiger partial charge in [0.05, 0.1) is 12.3 Å². The smallest absolute Gasteiger partial charge is 0.277 e. The van der Waals surface area contributed by atoms with Crippen molar-refractivity contribution in [2.75, 3.05) is 26.4 Å². The topological polar surface area (TPSA) is 88.3 Å². The maximum Gasteiger partial charge on any atom is 0.277 e. The van der Waals surface area contributed by atoms with Crippen LogP contribution in [0.4, 0.5) is 0 Å². The highest BCUT2D eigenvalue weighted by Crippen LogP contribution is 2.25. The number of nitrogens with one attached hydrogen (secondary N) is 1. The summed E-state index contributed by atoms with van der Waals surface area (Å²) in [7, 11) is 3.10. The second-order valence-corrected chi connectivity index (χ2v) is 5.83. The Kier molecular flexibility index (Phi) is 5.75. The fourth-order valence-electron chi connectivity index (χ4n) is 1.81. The van der Waals surface area contributed by atoms with Crippen LogP contribution in [0.2, 0.25) is 0 Å². The lowest BCUT2D eigenvalue weighted by molar-refractivity contribution is -0.132. The van der Waals surface area contributed by atoms with Gasteiger partial charge in [-0.05, 0) is 18.6 Å². The second kappa shape index (κ2) is 7.77. The van der Waals surface area contributed by atoms with Crippen LogP contribution in [0.3, 0.4) is 0 Å². The van der Waals surface area contributed by atoms with Crippen LogP contribution in [0, 0.1) is 6.92 Å². The molecular formula is C15H18N4O3S. The Morgan fingerprint density at radius 1 is 1.30 bits per heavy atom. The number of carbonyl (C=O) groups is 2. The molecule has 23 heavy (non-hydrogen) atoms. The van der Waals surface area contributed by atoms with E-state index in [0.29, 0.717) is 11.1 Å². The minimum Gasteiger partial charge on any atom is -0.411 e. The molecule has 8 heteroatoms. The van der Waals surface area contributed by atoms with Crippen molar-refractivity contribution in [3.8, 4) is 11.5 Å². The predicted octanol–water partition coefficient (Wildman–Crippen LogP) is 1.34. The van der Waals surface area contributed by atoms with Crippen LogP contribution in [-0.4, -0.2) is 53.3 Å². The zero-order valence-electron chi connectivity index (χ0n) is 13.2. The number of rotatable bonds is 6. The lowest BCUT2D eigenvalue weighted by Crippen LogP contribution is -2.37. The first kappa shape index (κ1) is 17.0. The molecule has 0 aliphatic rings. The number of nitrogens with zero attached hydrogens (tertiary/aromatic N) is 3. The summed E-state index contributed by atoms with van der Waals surface area (Å²) in [5, 5.41) is 10.7. The molecule has 0 saturated carbocycles. The molecule has 1 heterocycles. The van der Waals surface area contributed by atoms with E-state index in [1.165, 1.54) is 11.9 Å². The number of carbonyl (C=O) groups excluding carboxylic acids is 2. The zero-order valence-corrected chi connectivity index (χ0v) is 14.0. The molecule has 122 valence electrons. The van der Waals surface area contributed by atoms with Gasteiger partial charge in [0.25, 0.3) is 5.22 Å². The number of benzene rings is 1. The van der Waals surface area contributed by atoms with Gasteiger partial charge in [-0.3, -0.25) is 9.59 Å². The largest absolute Gasteiger partial charge is 0.411 e. The molecule has 0 bridgehead atoms. The first-order chi connectivity index (χ1) is 11.0. The second-order valence-electron chi connectivity index (χ2n) is 4.90. The van der Waals surface area contributed by atoms with Crippen molar-refractivity contribution in [2.24, 2.45) is 0 Å². The van der Waals surface area contributed by atoms with Gasteiger partial charge in [0, 0.05) is 19.7 Å². The molecular weight excluding hydrogens is 316 g/mol. The first-order valence-electron chi connectivity index (χ1n) is 6.98. The maximum absolute atomic E-state index is 11.9. The van der Waals surface area contributed by atoms with Gasteiger partial charge in [0.15, 0.2) is 0 Å². The molecule has 1 N–H and O–H groups in total. The molecule has 0 aliphatic carbocycles. The molecule has 0 unspecified atom stereocenters. The third kappa shape index (κ3) is 4.56. The molecule has 0 radical (unpaired) electrons. The number of aromatic nitrogens is 2. The highest BCUT2D eigenvalue weighted by atomic mass is 32.2. The van der Waals surface area contributed by atoms with E-state index in [9.17, 15) is 9.59 Å². The normalized spacial score (nSPS) is 10.4. The number of hydrogen-bond acceptors (Lipinski definition) is 6. The van der Waals surface area contributed by atoms with Crippen LogP contribution in [0.15, 0.2) is 33.9 Å². The number of amides is 2. The molecule has 1 aromatic heterocycles. The van der Waals surface area contributed by atoms with Gasteiger partial charge in [-0.25, -0.2) is 0 Å². The third-order valence-electron chi connectivity index (χ3n) is 3.19. The molecule has 0 atom stereocenters. The molecule has 0 spiro atoms. The Morgan fingerprint density at radius 3 is 2.74 bits per heavy atom. The fourth-order valence-corrected chi connectivity index (χ4v) is 2.51. The van der Waals surface area contributed by atoms with E-state index in [4.69, 9.17) is 4.42 Å². The molecule has 7 nitrogen and oxygen atoms in total. The Balaban J connectivity index is 1.94. The van der Waals surface area contributed by atoms with E-state index in [1.807, 2.05) is 31.2 Å². The van der Waals surface area contributed by atoms with Crippen LogP contribution >= 0.6 is 11.8 Å². The van der Waals surface area contributed by atoms with Gasteiger partial charge in [-0.15, -0.1) is 10.2 Å². The van der Waals surface area contributed by atoms with Crippen LogP contribution in [0.1, 0.15) is 5.56 Å². The van der Waals surface area contributed by atoms with Crippen molar-refractivity contribution in [3.05, 3.63) is 29.8 Å². The minimum absolute atomic E-state index is 0.0220. The van der Waals surface area contributed by atoms with Crippen molar-refractivity contribution in [3.63, 3.8) is 0 Å². The number of hydrogen-bond donors (Lipinski definition) is 1. The Hall–Kier alpha value is -2.35. The van der Waals surface area contributed by atoms with Crippen LogP contribution in [-0.2, 0) is 9.59 Å². The van der Waals surface area contributed by atoms with Crippen LogP contribution in [0.25, 0.3) is 11.5 Å². The summed E-state index contributed by atoms with van der Waals surface area (Å²) in [5.41, 5.74) is 1.91. The highest BCUT2D eigenvalue weighted by Gasteiger charge is 2.15. The van der Waals surface area contributed by atoms with Crippen molar-refractivity contribution in [1.82, 2.24) is 20.4 Å². The van der Waals surface area contributed by atoms with Crippen LogP contribution in [0.5, 0.6) is 0 Å².